The van der Waals surface area contributed by atoms with Crippen LogP contribution in [-0.4, -0.2) is 46.8 Å². The number of carbonyl (C=O) groups is 3. The first-order chi connectivity index (χ1) is 13.0. The molecule has 1 aromatic heterocycles. The maximum absolute atomic E-state index is 13.4. The van der Waals surface area contributed by atoms with Gasteiger partial charge < -0.3 is 14.2 Å². The van der Waals surface area contributed by atoms with Crippen molar-refractivity contribution in [1.82, 2.24) is 9.47 Å². The number of hydrogen-bond acceptors (Lipinski definition) is 4. The van der Waals surface area contributed by atoms with Gasteiger partial charge in [-0.2, -0.15) is 0 Å². The number of nitrogens with zero attached hydrogens (tertiary/aromatic N) is 2. The molecule has 0 radical (unpaired) electrons. The van der Waals surface area contributed by atoms with Gasteiger partial charge in [-0.3, -0.25) is 9.59 Å². The lowest BCUT2D eigenvalue weighted by molar-refractivity contribution is -0.133. The van der Waals surface area contributed by atoms with Crippen molar-refractivity contribution in [3.05, 3.63) is 22.5 Å². The van der Waals surface area contributed by atoms with Crippen molar-refractivity contribution >= 4 is 17.7 Å². The van der Waals surface area contributed by atoms with Crippen LogP contribution in [0.5, 0.6) is 0 Å². The van der Waals surface area contributed by atoms with Crippen molar-refractivity contribution in [2.45, 2.75) is 74.4 Å². The molecule has 0 aliphatic heterocycles. The smallest absolute Gasteiger partial charge is 0.354 e. The van der Waals surface area contributed by atoms with Crippen molar-refractivity contribution < 1.29 is 19.1 Å². The van der Waals surface area contributed by atoms with E-state index < -0.39 is 12.0 Å². The maximum Gasteiger partial charge on any atom is 0.354 e. The molecule has 0 aliphatic rings. The second-order valence-electron chi connectivity index (χ2n) is 8.25. The molecule has 0 fully saturated rings. The van der Waals surface area contributed by atoms with Crippen molar-refractivity contribution in [3.63, 3.8) is 0 Å². The third-order valence-corrected chi connectivity index (χ3v) is 5.02. The molecular formula is C22H36N2O4. The number of hydrogen-bond donors (Lipinski definition) is 0. The van der Waals surface area contributed by atoms with E-state index in [1.54, 1.807) is 18.7 Å². The number of carbonyl (C=O) groups excluding carboxylic acids is 3. The van der Waals surface area contributed by atoms with Crippen LogP contribution in [0.4, 0.5) is 0 Å². The van der Waals surface area contributed by atoms with Crippen molar-refractivity contribution in [1.29, 1.82) is 0 Å². The van der Waals surface area contributed by atoms with Gasteiger partial charge in [-0.15, -0.1) is 0 Å². The van der Waals surface area contributed by atoms with Gasteiger partial charge in [-0.1, -0.05) is 27.7 Å². The Balaban J connectivity index is 3.39. The molecule has 0 saturated heterocycles. The quantitative estimate of drug-likeness (QED) is 0.470. The Morgan fingerprint density at radius 1 is 1.04 bits per heavy atom. The molecule has 6 heteroatoms. The van der Waals surface area contributed by atoms with Crippen molar-refractivity contribution in [2.75, 3.05) is 13.7 Å². The van der Waals surface area contributed by atoms with Crippen LogP contribution in [0.3, 0.4) is 0 Å². The summed E-state index contributed by atoms with van der Waals surface area (Å²) in [7, 11) is 1.34. The van der Waals surface area contributed by atoms with E-state index in [2.05, 4.69) is 0 Å². The van der Waals surface area contributed by atoms with E-state index in [-0.39, 0.29) is 23.5 Å². The largest absolute Gasteiger partial charge is 0.464 e. The van der Waals surface area contributed by atoms with Gasteiger partial charge in [0.2, 0.25) is 5.91 Å². The molecule has 1 unspecified atom stereocenters. The van der Waals surface area contributed by atoms with Crippen LogP contribution in [0.25, 0.3) is 0 Å². The summed E-state index contributed by atoms with van der Waals surface area (Å²) in [6.45, 7) is 16.5. The third-order valence-electron chi connectivity index (χ3n) is 5.02. The molecule has 0 aliphatic carbocycles. The molecule has 0 spiro atoms. The monoisotopic (exact) mass is 392 g/mol. The van der Waals surface area contributed by atoms with E-state index in [1.807, 2.05) is 46.1 Å². The fourth-order valence-electron chi connectivity index (χ4n) is 3.70. The lowest BCUT2D eigenvalue weighted by Gasteiger charge is -2.31. The lowest BCUT2D eigenvalue weighted by atomic mass is 9.98. The summed E-state index contributed by atoms with van der Waals surface area (Å²) in [5.74, 6) is -0.128. The molecule has 1 aromatic rings. The molecule has 28 heavy (non-hydrogen) atoms. The van der Waals surface area contributed by atoms with Crippen LogP contribution < -0.4 is 0 Å². The molecule has 1 atom stereocenters. The van der Waals surface area contributed by atoms with Crippen LogP contribution in [0.1, 0.15) is 80.1 Å². The first-order valence-corrected chi connectivity index (χ1v) is 10.1. The molecule has 6 nitrogen and oxygen atoms in total. The van der Waals surface area contributed by atoms with Gasteiger partial charge in [0, 0.05) is 30.8 Å². The molecule has 0 saturated carbocycles. The van der Waals surface area contributed by atoms with Gasteiger partial charge in [0.15, 0.2) is 5.78 Å². The van der Waals surface area contributed by atoms with E-state index in [0.717, 1.165) is 5.69 Å². The Kier molecular flexibility index (Phi) is 8.46. The van der Waals surface area contributed by atoms with E-state index >= 15 is 0 Å². The first-order valence-electron chi connectivity index (χ1n) is 10.1. The minimum absolute atomic E-state index is 0.0111. The number of amides is 1. The Morgan fingerprint density at radius 2 is 1.61 bits per heavy atom. The van der Waals surface area contributed by atoms with Crippen molar-refractivity contribution in [2.24, 2.45) is 11.8 Å². The first kappa shape index (κ1) is 23.9. The maximum atomic E-state index is 13.4. The predicted octanol–water partition coefficient (Wildman–Crippen LogP) is 4.01. The van der Waals surface area contributed by atoms with Crippen LogP contribution in [0.15, 0.2) is 0 Å². The van der Waals surface area contributed by atoms with Crippen LogP contribution >= 0.6 is 0 Å². The molecule has 1 heterocycles. The summed E-state index contributed by atoms with van der Waals surface area (Å²) >= 11 is 0. The normalized spacial score (nSPS) is 12.4. The summed E-state index contributed by atoms with van der Waals surface area (Å²) in [5.41, 5.74) is 2.27. The Labute approximate surface area is 169 Å². The van der Waals surface area contributed by atoms with Gasteiger partial charge in [-0.25, -0.2) is 4.79 Å². The number of rotatable bonds is 9. The summed E-state index contributed by atoms with van der Waals surface area (Å²) in [4.78, 5) is 40.2. The van der Waals surface area contributed by atoms with Gasteiger partial charge in [-0.05, 0) is 45.1 Å². The number of methoxy groups -OCH3 is 1. The summed E-state index contributed by atoms with van der Waals surface area (Å²) < 4.78 is 6.72. The second kappa shape index (κ2) is 9.89. The number of Topliss-reactive ketones (excluding diaryl/α,β-unsaturated/α-hetero) is 1. The minimum Gasteiger partial charge on any atom is -0.464 e. The average molecular weight is 393 g/mol. The fraction of sp³-hybridized carbons (Fsp3) is 0.682. The predicted molar refractivity (Wildman–Crippen MR) is 111 cm³/mol. The van der Waals surface area contributed by atoms with E-state index in [9.17, 15) is 14.4 Å². The molecule has 1 amide bonds. The number of ether oxygens (including phenoxy) is 1. The standard InChI is InChI=1S/C22H36N2O4/c1-10-23-16(7)19(15(6)20(23)22(27)28-9)21(26)17(8)24(12-14(4)5)18(25)11-13(2)3/h13-14,17H,10-12H2,1-9H3. The fourth-order valence-corrected chi connectivity index (χ4v) is 3.70. The zero-order valence-electron chi connectivity index (χ0n) is 18.9. The summed E-state index contributed by atoms with van der Waals surface area (Å²) in [6, 6.07) is -0.593. The molecule has 1 rings (SSSR count). The Hall–Kier alpha value is -2.11. The van der Waals surface area contributed by atoms with Crippen LogP contribution in [-0.2, 0) is 16.1 Å². The van der Waals surface area contributed by atoms with E-state index in [0.29, 0.717) is 36.3 Å². The van der Waals surface area contributed by atoms with E-state index in [1.165, 1.54) is 7.11 Å². The SMILES string of the molecule is CCn1c(C)c(C(=O)C(C)N(CC(C)C)C(=O)CC(C)C)c(C)c1C(=O)OC. The number of ketones is 1. The topological polar surface area (TPSA) is 68.6 Å². The van der Waals surface area contributed by atoms with Gasteiger partial charge in [0.25, 0.3) is 0 Å². The highest BCUT2D eigenvalue weighted by Crippen LogP contribution is 2.26. The van der Waals surface area contributed by atoms with Crippen molar-refractivity contribution in [3.8, 4) is 0 Å². The van der Waals surface area contributed by atoms with Gasteiger partial charge >= 0.3 is 5.97 Å². The van der Waals surface area contributed by atoms with Gasteiger partial charge in [0.05, 0.1) is 13.2 Å². The summed E-state index contributed by atoms with van der Waals surface area (Å²) in [6.07, 6.45) is 0.408. The highest BCUT2D eigenvalue weighted by atomic mass is 16.5. The van der Waals surface area contributed by atoms with Gasteiger partial charge in [0.1, 0.15) is 5.69 Å². The van der Waals surface area contributed by atoms with Crippen LogP contribution in [0, 0.1) is 25.7 Å². The number of esters is 1. The Morgan fingerprint density at radius 3 is 2.04 bits per heavy atom. The lowest BCUT2D eigenvalue weighted by Crippen LogP contribution is -2.45. The Bertz CT molecular complexity index is 731. The molecule has 0 bridgehead atoms. The molecule has 158 valence electrons. The third kappa shape index (κ3) is 5.03. The van der Waals surface area contributed by atoms with E-state index in [4.69, 9.17) is 4.74 Å². The minimum atomic E-state index is -0.593. The highest BCUT2D eigenvalue weighted by Gasteiger charge is 2.33. The zero-order valence-corrected chi connectivity index (χ0v) is 18.9. The molecule has 0 aromatic carbocycles. The zero-order chi connectivity index (χ0) is 21.8. The second-order valence-corrected chi connectivity index (χ2v) is 8.25. The molecular weight excluding hydrogens is 356 g/mol. The summed E-state index contributed by atoms with van der Waals surface area (Å²) in [5, 5.41) is 0. The van der Waals surface area contributed by atoms with Crippen LogP contribution in [0.2, 0.25) is 0 Å². The number of aromatic nitrogens is 1. The average Bonchev–Trinajstić information content (AvgIpc) is 2.86. The molecule has 0 N–H and O–H groups in total. The highest BCUT2D eigenvalue weighted by molar-refractivity contribution is 6.06.